The van der Waals surface area contributed by atoms with Gasteiger partial charge in [-0.25, -0.2) is 4.79 Å². The van der Waals surface area contributed by atoms with Crippen LogP contribution in [0.2, 0.25) is 0 Å². The summed E-state index contributed by atoms with van der Waals surface area (Å²) in [5.41, 5.74) is -0.458. The molecule has 150 valence electrons. The second-order valence-corrected chi connectivity index (χ2v) is 8.19. The van der Waals surface area contributed by atoms with Crippen LogP contribution in [0.1, 0.15) is 34.6 Å². The zero-order valence-corrected chi connectivity index (χ0v) is 17.0. The van der Waals surface area contributed by atoms with Gasteiger partial charge in [-0.15, -0.1) is 0 Å². The maximum atomic E-state index is 12.0. The summed E-state index contributed by atoms with van der Waals surface area (Å²) in [7, 11) is 1.77. The lowest BCUT2D eigenvalue weighted by Gasteiger charge is -2.41. The van der Waals surface area contributed by atoms with Crippen molar-refractivity contribution in [2.45, 2.75) is 58.3 Å². The number of rotatable bonds is 4. The Bertz CT molecular complexity index is 500. The molecule has 0 aromatic rings. The lowest BCUT2D eigenvalue weighted by atomic mass is 10.1. The number of carbonyl (C=O) groups excluding carboxylic acids is 1. The lowest BCUT2D eigenvalue weighted by molar-refractivity contribution is -0.0174. The van der Waals surface area contributed by atoms with Crippen molar-refractivity contribution in [3.8, 4) is 0 Å². The highest BCUT2D eigenvalue weighted by atomic mass is 16.6. The van der Waals surface area contributed by atoms with Gasteiger partial charge in [0.1, 0.15) is 5.60 Å². The average Bonchev–Trinajstić information content (AvgIpc) is 2.51. The molecule has 26 heavy (non-hydrogen) atoms. The second-order valence-electron chi connectivity index (χ2n) is 8.19. The number of aliphatic imine (C=N–C) groups is 1. The molecule has 2 heterocycles. The van der Waals surface area contributed by atoms with E-state index in [-0.39, 0.29) is 12.1 Å². The molecule has 2 rings (SSSR count). The number of carbonyl (C=O) groups is 1. The molecule has 0 radical (unpaired) electrons. The molecule has 2 aliphatic heterocycles. The van der Waals surface area contributed by atoms with Crippen LogP contribution in [0.25, 0.3) is 0 Å². The molecule has 8 nitrogen and oxygen atoms in total. The molecular weight excluding hydrogens is 334 g/mol. The number of nitrogens with zero attached hydrogens (tertiary/aromatic N) is 3. The molecule has 0 aliphatic carbocycles. The summed E-state index contributed by atoms with van der Waals surface area (Å²) >= 11 is 0. The van der Waals surface area contributed by atoms with Crippen LogP contribution in [0.5, 0.6) is 0 Å². The fourth-order valence-electron chi connectivity index (χ4n) is 3.19. The Balaban J connectivity index is 1.70. The third-order valence-corrected chi connectivity index (χ3v) is 4.65. The van der Waals surface area contributed by atoms with Crippen molar-refractivity contribution in [3.05, 3.63) is 0 Å². The molecule has 2 atom stereocenters. The topological polar surface area (TPSA) is 78.4 Å². The Morgan fingerprint density at radius 3 is 2.65 bits per heavy atom. The van der Waals surface area contributed by atoms with Crippen LogP contribution in [0.15, 0.2) is 4.99 Å². The largest absolute Gasteiger partial charge is 0.444 e. The summed E-state index contributed by atoms with van der Waals surface area (Å²) in [6, 6.07) is 1.03. The number of morpholine rings is 1. The van der Waals surface area contributed by atoms with Crippen LogP contribution in [0, 0.1) is 0 Å². The van der Waals surface area contributed by atoms with Gasteiger partial charge in [-0.3, -0.25) is 9.89 Å². The first-order chi connectivity index (χ1) is 12.2. The standard InChI is InChI=1S/C18H35N5O3/c1-13(23-7-8-25-12-14(23)2)9-20-16(19-6)21-15-10-22(11-15)17(24)26-18(3,4)5/h13-15H,7-12H2,1-6H3,(H2,19,20,21). The number of guanidine groups is 1. The maximum absolute atomic E-state index is 12.0. The Morgan fingerprint density at radius 1 is 1.38 bits per heavy atom. The van der Waals surface area contributed by atoms with Gasteiger partial charge in [-0.1, -0.05) is 0 Å². The number of amides is 1. The van der Waals surface area contributed by atoms with E-state index in [2.05, 4.69) is 34.4 Å². The average molecular weight is 370 g/mol. The molecule has 2 saturated heterocycles. The van der Waals surface area contributed by atoms with Crippen molar-refractivity contribution in [1.82, 2.24) is 20.4 Å². The minimum Gasteiger partial charge on any atom is -0.444 e. The Labute approximate surface area is 157 Å². The highest BCUT2D eigenvalue weighted by molar-refractivity contribution is 5.80. The van der Waals surface area contributed by atoms with Crippen molar-refractivity contribution >= 4 is 12.1 Å². The summed E-state index contributed by atoms with van der Waals surface area (Å²) < 4.78 is 10.9. The molecule has 0 aromatic heterocycles. The van der Waals surface area contributed by atoms with Crippen molar-refractivity contribution in [1.29, 1.82) is 0 Å². The number of hydrogen-bond donors (Lipinski definition) is 2. The van der Waals surface area contributed by atoms with E-state index >= 15 is 0 Å². The van der Waals surface area contributed by atoms with E-state index in [1.165, 1.54) is 0 Å². The smallest absolute Gasteiger partial charge is 0.410 e. The quantitative estimate of drug-likeness (QED) is 0.566. The van der Waals surface area contributed by atoms with Gasteiger partial charge in [0.15, 0.2) is 5.96 Å². The molecule has 1 amide bonds. The van der Waals surface area contributed by atoms with E-state index in [0.717, 1.165) is 32.3 Å². The van der Waals surface area contributed by atoms with Gasteiger partial charge in [0, 0.05) is 45.3 Å². The third-order valence-electron chi connectivity index (χ3n) is 4.65. The van der Waals surface area contributed by atoms with Gasteiger partial charge in [0.2, 0.25) is 0 Å². The zero-order chi connectivity index (χ0) is 19.3. The Morgan fingerprint density at radius 2 is 2.08 bits per heavy atom. The van der Waals surface area contributed by atoms with Gasteiger partial charge in [0.25, 0.3) is 0 Å². The van der Waals surface area contributed by atoms with Crippen LogP contribution in [0.3, 0.4) is 0 Å². The highest BCUT2D eigenvalue weighted by Gasteiger charge is 2.34. The predicted molar refractivity (Wildman–Crippen MR) is 103 cm³/mol. The van der Waals surface area contributed by atoms with Gasteiger partial charge < -0.3 is 25.0 Å². The third kappa shape index (κ3) is 6.02. The lowest BCUT2D eigenvalue weighted by Crippen LogP contribution is -2.63. The van der Waals surface area contributed by atoms with Crippen molar-refractivity contribution in [2.24, 2.45) is 4.99 Å². The normalized spacial score (nSPS) is 24.0. The van der Waals surface area contributed by atoms with Crippen LogP contribution < -0.4 is 10.6 Å². The summed E-state index contributed by atoms with van der Waals surface area (Å²) in [6.07, 6.45) is -0.256. The molecule has 2 unspecified atom stereocenters. The first kappa shape index (κ1) is 20.8. The molecule has 0 saturated carbocycles. The summed E-state index contributed by atoms with van der Waals surface area (Å²) in [6.45, 7) is 14.7. The zero-order valence-electron chi connectivity index (χ0n) is 17.0. The van der Waals surface area contributed by atoms with E-state index in [1.54, 1.807) is 11.9 Å². The molecule has 0 aromatic carbocycles. The fraction of sp³-hybridized carbons (Fsp3) is 0.889. The van der Waals surface area contributed by atoms with Crippen LogP contribution >= 0.6 is 0 Å². The van der Waals surface area contributed by atoms with E-state index in [9.17, 15) is 4.79 Å². The van der Waals surface area contributed by atoms with Crippen molar-refractivity contribution in [2.75, 3.05) is 46.4 Å². The van der Waals surface area contributed by atoms with Crippen LogP contribution in [0.4, 0.5) is 4.79 Å². The molecule has 2 aliphatic rings. The van der Waals surface area contributed by atoms with E-state index in [0.29, 0.717) is 25.2 Å². The molecular formula is C18H35N5O3. The van der Waals surface area contributed by atoms with Gasteiger partial charge >= 0.3 is 6.09 Å². The Hall–Kier alpha value is -1.54. The van der Waals surface area contributed by atoms with Gasteiger partial charge in [-0.2, -0.15) is 0 Å². The minimum atomic E-state index is -0.458. The second kappa shape index (κ2) is 8.90. The SMILES string of the molecule is CN=C(NCC(C)N1CCOCC1C)NC1CN(C(=O)OC(C)(C)C)C1. The van der Waals surface area contributed by atoms with E-state index in [1.807, 2.05) is 20.8 Å². The minimum absolute atomic E-state index is 0.200. The molecule has 0 spiro atoms. The number of hydrogen-bond acceptors (Lipinski definition) is 5. The van der Waals surface area contributed by atoms with Crippen LogP contribution in [-0.2, 0) is 9.47 Å². The number of nitrogens with one attached hydrogen (secondary N) is 2. The summed E-state index contributed by atoms with van der Waals surface area (Å²) in [5.74, 6) is 0.770. The van der Waals surface area contributed by atoms with Crippen LogP contribution in [-0.4, -0.2) is 92.0 Å². The van der Waals surface area contributed by atoms with E-state index in [4.69, 9.17) is 9.47 Å². The maximum Gasteiger partial charge on any atom is 0.410 e. The molecule has 0 bridgehead atoms. The number of likely N-dealkylation sites (tertiary alicyclic amines) is 1. The first-order valence-electron chi connectivity index (χ1n) is 9.48. The Kier molecular flexibility index (Phi) is 7.11. The predicted octanol–water partition coefficient (Wildman–Crippen LogP) is 0.880. The van der Waals surface area contributed by atoms with E-state index < -0.39 is 5.60 Å². The first-order valence-corrected chi connectivity index (χ1v) is 9.48. The van der Waals surface area contributed by atoms with Crippen molar-refractivity contribution < 1.29 is 14.3 Å². The van der Waals surface area contributed by atoms with Gasteiger partial charge in [-0.05, 0) is 34.6 Å². The summed E-state index contributed by atoms with van der Waals surface area (Å²) in [4.78, 5) is 20.4. The molecule has 8 heteroatoms. The van der Waals surface area contributed by atoms with Crippen molar-refractivity contribution in [3.63, 3.8) is 0 Å². The van der Waals surface area contributed by atoms with Gasteiger partial charge in [0.05, 0.1) is 19.3 Å². The molecule has 2 fully saturated rings. The monoisotopic (exact) mass is 369 g/mol. The summed E-state index contributed by atoms with van der Waals surface area (Å²) in [5, 5.41) is 6.76. The molecule has 2 N–H and O–H groups in total. The highest BCUT2D eigenvalue weighted by Crippen LogP contribution is 2.15. The number of ether oxygens (including phenoxy) is 2. The fourth-order valence-corrected chi connectivity index (χ4v) is 3.19.